The predicted octanol–water partition coefficient (Wildman–Crippen LogP) is 4.77. The lowest BCUT2D eigenvalue weighted by Gasteiger charge is -2.32. The standard InChI is InChI=1S/C19H20ClN5S/c20-16-6-2-1-5-15(16)17-11-26-19(22-17)24-9-3-4-13(10-24)18-23-21-12-25(18)14-7-8-14/h1-2,5-6,11-14H,3-4,7-10H2. The fourth-order valence-electron chi connectivity index (χ4n) is 3.74. The summed E-state index contributed by atoms with van der Waals surface area (Å²) >= 11 is 8.03. The Kier molecular flexibility index (Phi) is 4.17. The summed E-state index contributed by atoms with van der Waals surface area (Å²) in [5.74, 6) is 1.58. The van der Waals surface area contributed by atoms with Crippen molar-refractivity contribution in [1.29, 1.82) is 0 Å². The van der Waals surface area contributed by atoms with Crippen LogP contribution in [0.4, 0.5) is 5.13 Å². The highest BCUT2D eigenvalue weighted by Crippen LogP contribution is 2.39. The van der Waals surface area contributed by atoms with Crippen LogP contribution in [-0.2, 0) is 0 Å². The minimum absolute atomic E-state index is 0.430. The maximum atomic E-state index is 6.33. The Morgan fingerprint density at radius 1 is 1.15 bits per heavy atom. The molecule has 0 N–H and O–H groups in total. The number of hydrogen-bond donors (Lipinski definition) is 0. The van der Waals surface area contributed by atoms with Gasteiger partial charge in [-0.2, -0.15) is 0 Å². The van der Waals surface area contributed by atoms with Gasteiger partial charge in [-0.3, -0.25) is 0 Å². The number of rotatable bonds is 4. The second-order valence-corrected chi connectivity index (χ2v) is 8.35. The summed E-state index contributed by atoms with van der Waals surface area (Å²) in [7, 11) is 0. The van der Waals surface area contributed by atoms with Crippen molar-refractivity contribution in [3.05, 3.63) is 46.8 Å². The molecule has 1 aliphatic carbocycles. The Morgan fingerprint density at radius 3 is 2.88 bits per heavy atom. The van der Waals surface area contributed by atoms with Gasteiger partial charge in [0, 0.05) is 41.0 Å². The lowest BCUT2D eigenvalue weighted by molar-refractivity contribution is 0.471. The molecule has 1 unspecified atom stereocenters. The van der Waals surface area contributed by atoms with Crippen LogP contribution in [0.2, 0.25) is 5.02 Å². The van der Waals surface area contributed by atoms with Gasteiger partial charge in [0.25, 0.3) is 0 Å². The van der Waals surface area contributed by atoms with Gasteiger partial charge in [-0.1, -0.05) is 29.8 Å². The number of nitrogens with zero attached hydrogens (tertiary/aromatic N) is 5. The average molecular weight is 386 g/mol. The van der Waals surface area contributed by atoms with Crippen LogP contribution >= 0.6 is 22.9 Å². The molecule has 26 heavy (non-hydrogen) atoms. The fourth-order valence-corrected chi connectivity index (χ4v) is 4.84. The van der Waals surface area contributed by atoms with Crippen LogP contribution in [0.5, 0.6) is 0 Å². The molecule has 134 valence electrons. The van der Waals surface area contributed by atoms with Gasteiger partial charge in [-0.15, -0.1) is 21.5 Å². The number of halogens is 1. The molecule has 2 aliphatic rings. The van der Waals surface area contributed by atoms with E-state index in [1.165, 1.54) is 19.3 Å². The van der Waals surface area contributed by atoms with Gasteiger partial charge in [0.2, 0.25) is 0 Å². The van der Waals surface area contributed by atoms with E-state index in [-0.39, 0.29) is 0 Å². The molecule has 1 aromatic carbocycles. The zero-order valence-electron chi connectivity index (χ0n) is 14.4. The Morgan fingerprint density at radius 2 is 2.04 bits per heavy atom. The molecular weight excluding hydrogens is 366 g/mol. The van der Waals surface area contributed by atoms with Crippen LogP contribution in [0.25, 0.3) is 11.3 Å². The molecule has 3 heterocycles. The topological polar surface area (TPSA) is 46.8 Å². The quantitative estimate of drug-likeness (QED) is 0.648. The summed E-state index contributed by atoms with van der Waals surface area (Å²) in [6.07, 6.45) is 6.75. The normalized spacial score (nSPS) is 20.5. The van der Waals surface area contributed by atoms with E-state index in [0.717, 1.165) is 46.7 Å². The van der Waals surface area contributed by atoms with E-state index >= 15 is 0 Å². The molecule has 0 radical (unpaired) electrons. The molecule has 0 spiro atoms. The van der Waals surface area contributed by atoms with E-state index in [2.05, 4.69) is 25.0 Å². The van der Waals surface area contributed by atoms with E-state index in [0.29, 0.717) is 12.0 Å². The Hall–Kier alpha value is -1.92. The molecule has 5 nitrogen and oxygen atoms in total. The molecule has 0 bridgehead atoms. The molecule has 1 saturated carbocycles. The van der Waals surface area contributed by atoms with Crippen LogP contribution in [-0.4, -0.2) is 32.8 Å². The lowest BCUT2D eigenvalue weighted by atomic mass is 9.97. The molecule has 0 amide bonds. The summed E-state index contributed by atoms with van der Waals surface area (Å²) < 4.78 is 2.30. The molecule has 2 aromatic heterocycles. The average Bonchev–Trinajstić information content (AvgIpc) is 3.20. The monoisotopic (exact) mass is 385 g/mol. The second kappa shape index (κ2) is 6.67. The Bertz CT molecular complexity index is 916. The summed E-state index contributed by atoms with van der Waals surface area (Å²) in [5, 5.41) is 12.5. The minimum Gasteiger partial charge on any atom is -0.347 e. The molecule has 3 aromatic rings. The van der Waals surface area contributed by atoms with Crippen molar-refractivity contribution in [3.63, 3.8) is 0 Å². The number of anilines is 1. The third kappa shape index (κ3) is 3.01. The minimum atomic E-state index is 0.430. The van der Waals surface area contributed by atoms with E-state index in [1.807, 2.05) is 30.6 Å². The first-order chi connectivity index (χ1) is 12.8. The Labute approximate surface area is 161 Å². The number of benzene rings is 1. The molecular formula is C19H20ClN5S. The van der Waals surface area contributed by atoms with Crippen LogP contribution in [0, 0.1) is 0 Å². The number of hydrogen-bond acceptors (Lipinski definition) is 5. The summed E-state index contributed by atoms with van der Waals surface area (Å²) in [4.78, 5) is 7.26. The predicted molar refractivity (Wildman–Crippen MR) is 105 cm³/mol. The molecule has 1 saturated heterocycles. The van der Waals surface area contributed by atoms with Crippen molar-refractivity contribution in [2.45, 2.75) is 37.6 Å². The zero-order valence-corrected chi connectivity index (χ0v) is 16.0. The van der Waals surface area contributed by atoms with Crippen molar-refractivity contribution < 1.29 is 0 Å². The van der Waals surface area contributed by atoms with E-state index in [1.54, 1.807) is 11.3 Å². The smallest absolute Gasteiger partial charge is 0.185 e. The zero-order chi connectivity index (χ0) is 17.5. The molecule has 2 fully saturated rings. The summed E-state index contributed by atoms with van der Waals surface area (Å²) in [6.45, 7) is 2.00. The van der Waals surface area contributed by atoms with Crippen molar-refractivity contribution in [2.75, 3.05) is 18.0 Å². The van der Waals surface area contributed by atoms with Crippen molar-refractivity contribution >= 4 is 28.1 Å². The molecule has 7 heteroatoms. The molecule has 1 aliphatic heterocycles. The van der Waals surface area contributed by atoms with E-state index in [4.69, 9.17) is 16.6 Å². The van der Waals surface area contributed by atoms with Crippen molar-refractivity contribution in [2.24, 2.45) is 0 Å². The first kappa shape index (κ1) is 16.3. The number of piperidine rings is 1. The van der Waals surface area contributed by atoms with Crippen LogP contribution in [0.1, 0.15) is 43.5 Å². The maximum absolute atomic E-state index is 6.33. The van der Waals surface area contributed by atoms with Crippen LogP contribution in [0.3, 0.4) is 0 Å². The van der Waals surface area contributed by atoms with E-state index in [9.17, 15) is 0 Å². The highest BCUT2D eigenvalue weighted by atomic mass is 35.5. The van der Waals surface area contributed by atoms with Gasteiger partial charge in [0.1, 0.15) is 12.2 Å². The maximum Gasteiger partial charge on any atom is 0.185 e. The van der Waals surface area contributed by atoms with Gasteiger partial charge in [0.05, 0.1) is 5.69 Å². The largest absolute Gasteiger partial charge is 0.347 e. The number of thiazole rings is 1. The third-order valence-corrected chi connectivity index (χ3v) is 6.47. The highest BCUT2D eigenvalue weighted by Gasteiger charge is 2.32. The SMILES string of the molecule is Clc1ccccc1-c1csc(N2CCCC(c3nncn3C3CC3)C2)n1. The van der Waals surface area contributed by atoms with Crippen molar-refractivity contribution in [1.82, 2.24) is 19.7 Å². The van der Waals surface area contributed by atoms with E-state index < -0.39 is 0 Å². The summed E-state index contributed by atoms with van der Waals surface area (Å²) in [5.41, 5.74) is 1.96. The van der Waals surface area contributed by atoms with Crippen molar-refractivity contribution in [3.8, 4) is 11.3 Å². The van der Waals surface area contributed by atoms with Gasteiger partial charge in [0.15, 0.2) is 5.13 Å². The van der Waals surface area contributed by atoms with Crippen LogP contribution < -0.4 is 4.90 Å². The number of aromatic nitrogens is 4. The fraction of sp³-hybridized carbons (Fsp3) is 0.421. The van der Waals surface area contributed by atoms with Crippen LogP contribution in [0.15, 0.2) is 36.0 Å². The Balaban J connectivity index is 1.37. The first-order valence-electron chi connectivity index (χ1n) is 9.14. The van der Waals surface area contributed by atoms with Gasteiger partial charge in [-0.05, 0) is 31.7 Å². The highest BCUT2D eigenvalue weighted by molar-refractivity contribution is 7.14. The second-order valence-electron chi connectivity index (χ2n) is 7.11. The molecule has 1 atom stereocenters. The lowest BCUT2D eigenvalue weighted by Crippen LogP contribution is -2.35. The first-order valence-corrected chi connectivity index (χ1v) is 10.4. The van der Waals surface area contributed by atoms with Gasteiger partial charge < -0.3 is 9.47 Å². The molecule has 5 rings (SSSR count). The van der Waals surface area contributed by atoms with Gasteiger partial charge in [-0.25, -0.2) is 4.98 Å². The third-order valence-electron chi connectivity index (χ3n) is 5.24. The summed E-state index contributed by atoms with van der Waals surface area (Å²) in [6, 6.07) is 8.52. The van der Waals surface area contributed by atoms with Gasteiger partial charge >= 0.3 is 0 Å².